The van der Waals surface area contributed by atoms with E-state index in [-0.39, 0.29) is 16.3 Å². The molecule has 1 aromatic heterocycles. The van der Waals surface area contributed by atoms with Gasteiger partial charge in [-0.15, -0.1) is 0 Å². The van der Waals surface area contributed by atoms with Gasteiger partial charge in [-0.25, -0.2) is 10.2 Å². The number of nitrogens with zero attached hydrogens (tertiary/aromatic N) is 1. The number of aromatic amines is 1. The van der Waals surface area contributed by atoms with Crippen molar-refractivity contribution in [3.63, 3.8) is 0 Å². The maximum atomic E-state index is 13.3. The van der Waals surface area contributed by atoms with Crippen molar-refractivity contribution in [2.75, 3.05) is 0 Å². The molecule has 0 aliphatic carbocycles. The summed E-state index contributed by atoms with van der Waals surface area (Å²) >= 11 is 25.4. The predicted octanol–water partition coefficient (Wildman–Crippen LogP) is 9.30. The van der Waals surface area contributed by atoms with Gasteiger partial charge in [-0.2, -0.15) is 5.10 Å². The first-order chi connectivity index (χ1) is 19.2. The minimum absolute atomic E-state index is 0.142. The number of aromatic nitrogens is 1. The first kappa shape index (κ1) is 28.4. The summed E-state index contributed by atoms with van der Waals surface area (Å²) in [6, 6.07) is 22.9. The number of carbonyl (C=O) groups excluding carboxylic acids is 2. The van der Waals surface area contributed by atoms with Crippen molar-refractivity contribution in [3.05, 3.63) is 120 Å². The lowest BCUT2D eigenvalue weighted by molar-refractivity contribution is 0.0733. The number of fused-ring (bicyclic) bond motifs is 1. The van der Waals surface area contributed by atoms with E-state index in [0.29, 0.717) is 41.3 Å². The molecular formula is C29H16Br2Cl3N3O3. The fourth-order valence-corrected chi connectivity index (χ4v) is 6.11. The number of hydrazone groups is 1. The standard InChI is InChI=1S/C29H16Br2Cl3N3O3/c30-17-11-16(27(21(31)12-17)40-29(39)19-10-9-18(32)13-23(19)34)14-35-37-28(38)26-24(15-5-2-1-3-6-15)20-7-4-8-22(33)25(20)36-26/h1-14,36H,(H,37,38). The third kappa shape index (κ3) is 5.96. The molecule has 0 unspecified atom stereocenters. The van der Waals surface area contributed by atoms with Crippen LogP contribution in [0, 0.1) is 0 Å². The average Bonchev–Trinajstić information content (AvgIpc) is 3.32. The molecule has 200 valence electrons. The molecule has 0 saturated carbocycles. The highest BCUT2D eigenvalue weighted by atomic mass is 79.9. The number of hydrogen-bond donors (Lipinski definition) is 2. The van der Waals surface area contributed by atoms with Crippen molar-refractivity contribution in [1.29, 1.82) is 0 Å². The number of esters is 1. The number of rotatable bonds is 6. The van der Waals surface area contributed by atoms with Gasteiger partial charge in [0.1, 0.15) is 5.69 Å². The molecule has 0 bridgehead atoms. The second-order valence-corrected chi connectivity index (χ2v) is 11.4. The van der Waals surface area contributed by atoms with Gasteiger partial charge in [0.15, 0.2) is 5.75 Å². The Hall–Kier alpha value is -3.14. The van der Waals surface area contributed by atoms with Gasteiger partial charge in [-0.3, -0.25) is 4.79 Å². The number of nitrogens with one attached hydrogen (secondary N) is 2. The lowest BCUT2D eigenvalue weighted by Gasteiger charge is -2.11. The molecular weight excluding hydrogens is 705 g/mol. The Morgan fingerprint density at radius 2 is 1.68 bits per heavy atom. The minimum Gasteiger partial charge on any atom is -0.421 e. The van der Waals surface area contributed by atoms with Crippen LogP contribution in [0.5, 0.6) is 5.75 Å². The van der Waals surface area contributed by atoms with E-state index in [4.69, 9.17) is 39.5 Å². The second-order valence-electron chi connectivity index (χ2n) is 8.42. The minimum atomic E-state index is -0.689. The molecule has 11 heteroatoms. The molecule has 6 nitrogen and oxygen atoms in total. The van der Waals surface area contributed by atoms with Crippen LogP contribution in [0.1, 0.15) is 26.4 Å². The number of carbonyl (C=O) groups is 2. The first-order valence-electron chi connectivity index (χ1n) is 11.6. The Morgan fingerprint density at radius 3 is 2.42 bits per heavy atom. The number of benzene rings is 4. The molecule has 2 N–H and O–H groups in total. The highest BCUT2D eigenvalue weighted by Gasteiger charge is 2.21. The molecule has 1 heterocycles. The summed E-state index contributed by atoms with van der Waals surface area (Å²) in [4.78, 5) is 29.3. The van der Waals surface area contributed by atoms with E-state index < -0.39 is 11.9 Å². The van der Waals surface area contributed by atoms with Crippen molar-refractivity contribution < 1.29 is 14.3 Å². The second kappa shape index (κ2) is 12.2. The molecule has 0 radical (unpaired) electrons. The van der Waals surface area contributed by atoms with E-state index in [2.05, 4.69) is 47.4 Å². The van der Waals surface area contributed by atoms with Crippen LogP contribution in [0.3, 0.4) is 0 Å². The zero-order chi connectivity index (χ0) is 28.4. The maximum Gasteiger partial charge on any atom is 0.345 e. The summed E-state index contributed by atoms with van der Waals surface area (Å²) in [5.74, 6) is -0.992. The zero-order valence-corrected chi connectivity index (χ0v) is 25.6. The molecule has 40 heavy (non-hydrogen) atoms. The van der Waals surface area contributed by atoms with Gasteiger partial charge in [0.2, 0.25) is 0 Å². The SMILES string of the molecule is O=C(Oc1c(Br)cc(Br)cc1C=NNC(=O)c1[nH]c2c(Cl)cccc2c1-c1ccccc1)c1ccc(Cl)cc1Cl. The quantitative estimate of drug-likeness (QED) is 0.0794. The number of ether oxygens (including phenoxy) is 1. The van der Waals surface area contributed by atoms with Gasteiger partial charge in [-0.05, 0) is 57.9 Å². The van der Waals surface area contributed by atoms with Crippen LogP contribution in [0.15, 0.2) is 92.9 Å². The lowest BCUT2D eigenvalue weighted by atomic mass is 10.0. The van der Waals surface area contributed by atoms with Crippen molar-refractivity contribution in [1.82, 2.24) is 10.4 Å². The van der Waals surface area contributed by atoms with Gasteiger partial charge in [0.25, 0.3) is 5.91 Å². The summed E-state index contributed by atoms with van der Waals surface area (Å²) in [6.07, 6.45) is 1.37. The molecule has 0 aliphatic rings. The summed E-state index contributed by atoms with van der Waals surface area (Å²) in [6.45, 7) is 0. The normalized spacial score (nSPS) is 11.2. The summed E-state index contributed by atoms with van der Waals surface area (Å²) in [5, 5.41) is 5.98. The third-order valence-corrected chi connectivity index (χ3v) is 7.73. The van der Waals surface area contributed by atoms with Gasteiger partial charge < -0.3 is 9.72 Å². The predicted molar refractivity (Wildman–Crippen MR) is 167 cm³/mol. The highest BCUT2D eigenvalue weighted by Crippen LogP contribution is 2.36. The topological polar surface area (TPSA) is 83.5 Å². The fourth-order valence-electron chi connectivity index (χ4n) is 4.06. The van der Waals surface area contributed by atoms with E-state index in [0.717, 1.165) is 10.9 Å². The molecule has 0 atom stereocenters. The number of H-pyrrole nitrogens is 1. The Bertz CT molecular complexity index is 1810. The molecule has 0 saturated heterocycles. The molecule has 5 aromatic rings. The Labute approximate surface area is 260 Å². The van der Waals surface area contributed by atoms with Crippen molar-refractivity contribution in [2.24, 2.45) is 5.10 Å². The van der Waals surface area contributed by atoms with Gasteiger partial charge in [0.05, 0.1) is 31.8 Å². The molecule has 1 amide bonds. The van der Waals surface area contributed by atoms with Crippen LogP contribution < -0.4 is 10.2 Å². The Kier molecular flexibility index (Phi) is 8.63. The molecule has 0 spiro atoms. The fraction of sp³-hybridized carbons (Fsp3) is 0. The van der Waals surface area contributed by atoms with E-state index >= 15 is 0 Å². The monoisotopic (exact) mass is 717 g/mol. The third-order valence-electron chi connectivity index (χ3n) is 5.83. The smallest absolute Gasteiger partial charge is 0.345 e. The van der Waals surface area contributed by atoms with Gasteiger partial charge in [0, 0.05) is 26.0 Å². The van der Waals surface area contributed by atoms with Crippen LogP contribution in [0.4, 0.5) is 0 Å². The molecule has 0 aliphatic heterocycles. The maximum absolute atomic E-state index is 13.3. The molecule has 0 fully saturated rings. The Morgan fingerprint density at radius 1 is 0.900 bits per heavy atom. The van der Waals surface area contributed by atoms with Gasteiger partial charge >= 0.3 is 5.97 Å². The van der Waals surface area contributed by atoms with Crippen molar-refractivity contribution >= 4 is 95.7 Å². The van der Waals surface area contributed by atoms with Crippen LogP contribution >= 0.6 is 66.7 Å². The van der Waals surface area contributed by atoms with Crippen molar-refractivity contribution in [3.8, 4) is 16.9 Å². The highest BCUT2D eigenvalue weighted by molar-refractivity contribution is 9.11. The summed E-state index contributed by atoms with van der Waals surface area (Å²) in [5.41, 5.74) is 5.58. The van der Waals surface area contributed by atoms with E-state index in [1.807, 2.05) is 42.5 Å². The van der Waals surface area contributed by atoms with E-state index in [1.165, 1.54) is 18.3 Å². The van der Waals surface area contributed by atoms with E-state index in [9.17, 15) is 9.59 Å². The summed E-state index contributed by atoms with van der Waals surface area (Å²) in [7, 11) is 0. The number of hydrogen-bond acceptors (Lipinski definition) is 4. The van der Waals surface area contributed by atoms with Gasteiger partial charge in [-0.1, -0.05) is 93.2 Å². The van der Waals surface area contributed by atoms with E-state index in [1.54, 1.807) is 24.3 Å². The molecule has 4 aromatic carbocycles. The number of halogens is 5. The number of para-hydroxylation sites is 1. The van der Waals surface area contributed by atoms with Crippen LogP contribution in [0.2, 0.25) is 15.1 Å². The zero-order valence-electron chi connectivity index (χ0n) is 20.1. The van der Waals surface area contributed by atoms with Crippen molar-refractivity contribution in [2.45, 2.75) is 0 Å². The summed E-state index contributed by atoms with van der Waals surface area (Å²) < 4.78 is 6.82. The Balaban J connectivity index is 1.45. The van der Waals surface area contributed by atoms with Crippen LogP contribution in [0.25, 0.3) is 22.0 Å². The largest absolute Gasteiger partial charge is 0.421 e. The lowest BCUT2D eigenvalue weighted by Crippen LogP contribution is -2.19. The number of amides is 1. The van der Waals surface area contributed by atoms with Crippen LogP contribution in [-0.4, -0.2) is 23.1 Å². The first-order valence-corrected chi connectivity index (χ1v) is 14.3. The van der Waals surface area contributed by atoms with Crippen LogP contribution in [-0.2, 0) is 0 Å². The molecule has 5 rings (SSSR count). The average molecular weight is 721 g/mol.